The monoisotopic (exact) mass is 221 g/mol. The quantitative estimate of drug-likeness (QED) is 0.852. The van der Waals surface area contributed by atoms with E-state index in [1.807, 2.05) is 19.2 Å². The van der Waals surface area contributed by atoms with Crippen molar-refractivity contribution >= 4 is 17.0 Å². The highest BCUT2D eigenvalue weighted by Crippen LogP contribution is 2.07. The Labute approximate surface area is 91.2 Å². The lowest BCUT2D eigenvalue weighted by Crippen LogP contribution is -2.13. The van der Waals surface area contributed by atoms with Crippen LogP contribution in [0.15, 0.2) is 34.7 Å². The summed E-state index contributed by atoms with van der Waals surface area (Å²) < 4.78 is 1.65. The molecule has 0 atom stereocenters. The van der Waals surface area contributed by atoms with Gasteiger partial charge in [-0.25, -0.2) is 0 Å². The standard InChI is InChI=1S/C10H11N3OS/c1-11-8-2-3-12-9(6-8)7-13-4-5-15-10(13)14/h2-6H,7H2,1H3,(H,11,12). The van der Waals surface area contributed by atoms with Gasteiger partial charge in [0, 0.05) is 30.5 Å². The maximum absolute atomic E-state index is 11.3. The lowest BCUT2D eigenvalue weighted by Gasteiger charge is -2.03. The highest BCUT2D eigenvalue weighted by Gasteiger charge is 2.00. The zero-order valence-electron chi connectivity index (χ0n) is 8.30. The van der Waals surface area contributed by atoms with E-state index in [0.717, 1.165) is 11.4 Å². The molecule has 0 fully saturated rings. The first-order valence-corrected chi connectivity index (χ1v) is 5.44. The normalized spacial score (nSPS) is 10.2. The van der Waals surface area contributed by atoms with Crippen LogP contribution in [0.3, 0.4) is 0 Å². The minimum atomic E-state index is 0.0478. The Balaban J connectivity index is 2.24. The summed E-state index contributed by atoms with van der Waals surface area (Å²) in [7, 11) is 1.86. The summed E-state index contributed by atoms with van der Waals surface area (Å²) >= 11 is 1.20. The topological polar surface area (TPSA) is 46.9 Å². The van der Waals surface area contributed by atoms with Crippen LogP contribution in [0, 0.1) is 0 Å². The molecule has 0 spiro atoms. The number of nitrogens with zero attached hydrogens (tertiary/aromatic N) is 2. The van der Waals surface area contributed by atoms with Gasteiger partial charge in [-0.05, 0) is 12.1 Å². The van der Waals surface area contributed by atoms with E-state index in [1.54, 1.807) is 22.3 Å². The maximum Gasteiger partial charge on any atom is 0.307 e. The first-order valence-electron chi connectivity index (χ1n) is 4.56. The Kier molecular flexibility index (Phi) is 2.82. The van der Waals surface area contributed by atoms with Gasteiger partial charge in [0.1, 0.15) is 0 Å². The Morgan fingerprint density at radius 2 is 2.47 bits per heavy atom. The first-order chi connectivity index (χ1) is 7.29. The van der Waals surface area contributed by atoms with E-state index < -0.39 is 0 Å². The van der Waals surface area contributed by atoms with Gasteiger partial charge in [-0.15, -0.1) is 0 Å². The maximum atomic E-state index is 11.3. The van der Waals surface area contributed by atoms with Crippen molar-refractivity contribution in [3.05, 3.63) is 45.3 Å². The van der Waals surface area contributed by atoms with Crippen molar-refractivity contribution in [2.24, 2.45) is 0 Å². The number of anilines is 1. The summed E-state index contributed by atoms with van der Waals surface area (Å²) in [5.74, 6) is 0. The highest BCUT2D eigenvalue weighted by atomic mass is 32.1. The minimum Gasteiger partial charge on any atom is -0.388 e. The van der Waals surface area contributed by atoms with Crippen LogP contribution in [-0.4, -0.2) is 16.6 Å². The van der Waals surface area contributed by atoms with E-state index in [1.165, 1.54) is 11.3 Å². The number of hydrogen-bond acceptors (Lipinski definition) is 4. The molecule has 0 radical (unpaired) electrons. The van der Waals surface area contributed by atoms with Crippen molar-refractivity contribution in [3.8, 4) is 0 Å². The molecule has 0 aliphatic heterocycles. The summed E-state index contributed by atoms with van der Waals surface area (Å²) in [5, 5.41) is 4.82. The van der Waals surface area contributed by atoms with Crippen LogP contribution in [0.25, 0.3) is 0 Å². The van der Waals surface area contributed by atoms with Crippen molar-refractivity contribution in [2.75, 3.05) is 12.4 Å². The molecule has 15 heavy (non-hydrogen) atoms. The number of aromatic nitrogens is 2. The van der Waals surface area contributed by atoms with Crippen LogP contribution in [0.4, 0.5) is 5.69 Å². The fourth-order valence-electron chi connectivity index (χ4n) is 1.30. The predicted octanol–water partition coefficient (Wildman–Crippen LogP) is 1.39. The zero-order valence-corrected chi connectivity index (χ0v) is 9.12. The zero-order chi connectivity index (χ0) is 10.7. The molecule has 0 saturated heterocycles. The molecule has 1 N–H and O–H groups in total. The molecule has 78 valence electrons. The van der Waals surface area contributed by atoms with Gasteiger partial charge in [0.15, 0.2) is 0 Å². The molecule has 2 aromatic heterocycles. The van der Waals surface area contributed by atoms with Crippen molar-refractivity contribution in [3.63, 3.8) is 0 Å². The fourth-order valence-corrected chi connectivity index (χ4v) is 1.89. The number of nitrogens with one attached hydrogen (secondary N) is 1. The molecule has 0 saturated carbocycles. The molecule has 4 nitrogen and oxygen atoms in total. The van der Waals surface area contributed by atoms with Crippen LogP contribution in [0.5, 0.6) is 0 Å². The van der Waals surface area contributed by atoms with Crippen molar-refractivity contribution in [1.82, 2.24) is 9.55 Å². The number of hydrogen-bond donors (Lipinski definition) is 1. The van der Waals surface area contributed by atoms with Gasteiger partial charge in [0.2, 0.25) is 0 Å². The Hall–Kier alpha value is -1.62. The molecule has 2 heterocycles. The van der Waals surface area contributed by atoms with Crippen LogP contribution < -0.4 is 10.2 Å². The van der Waals surface area contributed by atoms with Crippen LogP contribution in [0.1, 0.15) is 5.69 Å². The minimum absolute atomic E-state index is 0.0478. The number of thiazole rings is 1. The Morgan fingerprint density at radius 1 is 1.60 bits per heavy atom. The fraction of sp³-hybridized carbons (Fsp3) is 0.200. The second-order valence-electron chi connectivity index (χ2n) is 3.08. The summed E-state index contributed by atoms with van der Waals surface area (Å²) in [6, 6.07) is 3.82. The summed E-state index contributed by atoms with van der Waals surface area (Å²) in [6.45, 7) is 0.526. The molecular formula is C10H11N3OS. The number of pyridine rings is 1. The number of rotatable bonds is 3. The van der Waals surface area contributed by atoms with Crippen LogP contribution in [-0.2, 0) is 6.54 Å². The molecule has 5 heteroatoms. The van der Waals surface area contributed by atoms with Crippen molar-refractivity contribution < 1.29 is 0 Å². The second kappa shape index (κ2) is 4.27. The molecule has 2 rings (SSSR count). The van der Waals surface area contributed by atoms with Gasteiger partial charge in [0.25, 0.3) is 0 Å². The van der Waals surface area contributed by atoms with Crippen LogP contribution in [0.2, 0.25) is 0 Å². The smallest absolute Gasteiger partial charge is 0.307 e. The second-order valence-corrected chi connectivity index (χ2v) is 3.94. The average molecular weight is 221 g/mol. The summed E-state index contributed by atoms with van der Waals surface area (Å²) in [5.41, 5.74) is 1.88. The third-order valence-corrected chi connectivity index (χ3v) is 2.78. The summed E-state index contributed by atoms with van der Waals surface area (Å²) in [4.78, 5) is 15.6. The molecule has 0 aliphatic rings. The van der Waals surface area contributed by atoms with E-state index in [4.69, 9.17) is 0 Å². The van der Waals surface area contributed by atoms with Crippen LogP contribution >= 0.6 is 11.3 Å². The molecule has 0 aromatic carbocycles. The van der Waals surface area contributed by atoms with Gasteiger partial charge in [-0.1, -0.05) is 11.3 Å². The molecule has 2 aromatic rings. The molecule has 0 unspecified atom stereocenters. The lowest BCUT2D eigenvalue weighted by atomic mass is 10.3. The molecule has 0 bridgehead atoms. The largest absolute Gasteiger partial charge is 0.388 e. The van der Waals surface area contributed by atoms with E-state index in [-0.39, 0.29) is 4.87 Å². The lowest BCUT2D eigenvalue weighted by molar-refractivity contribution is 0.761. The molecular weight excluding hydrogens is 210 g/mol. The SMILES string of the molecule is CNc1ccnc(Cn2ccsc2=O)c1. The van der Waals surface area contributed by atoms with Gasteiger partial charge in [0.05, 0.1) is 12.2 Å². The molecule has 0 aliphatic carbocycles. The predicted molar refractivity (Wildman–Crippen MR) is 61.5 cm³/mol. The van der Waals surface area contributed by atoms with E-state index >= 15 is 0 Å². The van der Waals surface area contributed by atoms with Gasteiger partial charge >= 0.3 is 4.87 Å². The van der Waals surface area contributed by atoms with E-state index in [9.17, 15) is 4.79 Å². The van der Waals surface area contributed by atoms with E-state index in [0.29, 0.717) is 6.54 Å². The van der Waals surface area contributed by atoms with Gasteiger partial charge in [-0.3, -0.25) is 14.3 Å². The highest BCUT2D eigenvalue weighted by molar-refractivity contribution is 7.07. The van der Waals surface area contributed by atoms with E-state index in [2.05, 4.69) is 10.3 Å². The Morgan fingerprint density at radius 3 is 3.13 bits per heavy atom. The third kappa shape index (κ3) is 2.24. The average Bonchev–Trinajstić information content (AvgIpc) is 2.65. The first kappa shape index (κ1) is 9.92. The third-order valence-electron chi connectivity index (χ3n) is 2.08. The van der Waals surface area contributed by atoms with Gasteiger partial charge in [-0.2, -0.15) is 0 Å². The Bertz CT molecular complexity index is 503. The van der Waals surface area contributed by atoms with Crippen molar-refractivity contribution in [2.45, 2.75) is 6.54 Å². The van der Waals surface area contributed by atoms with Gasteiger partial charge < -0.3 is 5.32 Å². The van der Waals surface area contributed by atoms with Crippen molar-refractivity contribution in [1.29, 1.82) is 0 Å². The summed E-state index contributed by atoms with van der Waals surface area (Å²) in [6.07, 6.45) is 3.51. The molecule has 0 amide bonds.